The highest BCUT2D eigenvalue weighted by Gasteiger charge is 2.08. The third-order valence-corrected chi connectivity index (χ3v) is 4.20. The van der Waals surface area contributed by atoms with Crippen molar-refractivity contribution < 1.29 is 9.53 Å². The van der Waals surface area contributed by atoms with Crippen LogP contribution in [0.1, 0.15) is 12.0 Å². The average molecular weight is 338 g/mol. The first kappa shape index (κ1) is 16.2. The SMILES string of the molecule is Cc1ccc(-c2csc(NC(=O)CCOc3ccccc3)n2)cc1. The molecule has 0 atom stereocenters. The van der Waals surface area contributed by atoms with Gasteiger partial charge in [0.25, 0.3) is 0 Å². The largest absolute Gasteiger partial charge is 0.493 e. The van der Waals surface area contributed by atoms with Crippen LogP contribution in [0.2, 0.25) is 0 Å². The summed E-state index contributed by atoms with van der Waals surface area (Å²) in [6.07, 6.45) is 0.286. The van der Waals surface area contributed by atoms with Gasteiger partial charge in [0.2, 0.25) is 5.91 Å². The van der Waals surface area contributed by atoms with Gasteiger partial charge in [-0.15, -0.1) is 11.3 Å². The molecule has 2 aromatic carbocycles. The van der Waals surface area contributed by atoms with E-state index >= 15 is 0 Å². The Morgan fingerprint density at radius 3 is 2.62 bits per heavy atom. The van der Waals surface area contributed by atoms with Gasteiger partial charge in [0.15, 0.2) is 5.13 Å². The van der Waals surface area contributed by atoms with Crippen molar-refractivity contribution in [2.45, 2.75) is 13.3 Å². The number of anilines is 1. The van der Waals surface area contributed by atoms with Crippen molar-refractivity contribution >= 4 is 22.4 Å². The zero-order chi connectivity index (χ0) is 16.8. The maximum atomic E-state index is 12.0. The number of hydrogen-bond donors (Lipinski definition) is 1. The minimum Gasteiger partial charge on any atom is -0.493 e. The standard InChI is InChI=1S/C19H18N2O2S/c1-14-7-9-15(10-8-14)17-13-24-19(20-17)21-18(22)11-12-23-16-5-3-2-4-6-16/h2-10,13H,11-12H2,1H3,(H,20,21,22). The minimum absolute atomic E-state index is 0.101. The van der Waals surface area contributed by atoms with E-state index in [1.165, 1.54) is 16.9 Å². The molecule has 0 aliphatic heterocycles. The molecule has 0 saturated carbocycles. The highest BCUT2D eigenvalue weighted by molar-refractivity contribution is 7.14. The Labute approximate surface area is 145 Å². The van der Waals surface area contributed by atoms with Crippen LogP contribution in [0.5, 0.6) is 5.75 Å². The average Bonchev–Trinajstić information content (AvgIpc) is 3.05. The number of amides is 1. The van der Waals surface area contributed by atoms with Gasteiger partial charge in [-0.25, -0.2) is 4.98 Å². The van der Waals surface area contributed by atoms with Crippen molar-refractivity contribution in [2.24, 2.45) is 0 Å². The third kappa shape index (κ3) is 4.43. The van der Waals surface area contributed by atoms with E-state index in [1.54, 1.807) is 0 Å². The molecular formula is C19H18N2O2S. The first-order valence-corrected chi connectivity index (χ1v) is 8.59. The Kier molecular flexibility index (Phi) is 5.23. The Morgan fingerprint density at radius 2 is 1.88 bits per heavy atom. The fourth-order valence-corrected chi connectivity index (χ4v) is 2.88. The normalized spacial score (nSPS) is 10.4. The summed E-state index contributed by atoms with van der Waals surface area (Å²) in [5, 5.41) is 5.37. The first-order valence-electron chi connectivity index (χ1n) is 7.71. The maximum Gasteiger partial charge on any atom is 0.229 e. The van der Waals surface area contributed by atoms with Crippen LogP contribution in [-0.4, -0.2) is 17.5 Å². The number of carbonyl (C=O) groups is 1. The van der Waals surface area contributed by atoms with Gasteiger partial charge < -0.3 is 10.1 Å². The molecule has 0 aliphatic rings. The molecule has 0 radical (unpaired) electrons. The van der Waals surface area contributed by atoms with Crippen LogP contribution in [0.4, 0.5) is 5.13 Å². The summed E-state index contributed by atoms with van der Waals surface area (Å²) in [6.45, 7) is 2.39. The number of para-hydroxylation sites is 1. The second kappa shape index (κ2) is 7.75. The number of nitrogens with zero attached hydrogens (tertiary/aromatic N) is 1. The minimum atomic E-state index is -0.101. The van der Waals surface area contributed by atoms with E-state index < -0.39 is 0 Å². The van der Waals surface area contributed by atoms with E-state index in [4.69, 9.17) is 4.74 Å². The lowest BCUT2D eigenvalue weighted by atomic mass is 10.1. The fourth-order valence-electron chi connectivity index (χ4n) is 2.15. The molecule has 1 heterocycles. The van der Waals surface area contributed by atoms with Gasteiger partial charge in [-0.1, -0.05) is 48.0 Å². The molecule has 0 spiro atoms. The summed E-state index contributed by atoms with van der Waals surface area (Å²) in [5.74, 6) is 0.664. The van der Waals surface area contributed by atoms with Crippen molar-refractivity contribution in [3.8, 4) is 17.0 Å². The van der Waals surface area contributed by atoms with Gasteiger partial charge in [0, 0.05) is 10.9 Å². The number of aryl methyl sites for hydroxylation is 1. The van der Waals surface area contributed by atoms with Gasteiger partial charge >= 0.3 is 0 Å². The molecule has 122 valence electrons. The van der Waals surface area contributed by atoms with Crippen molar-refractivity contribution in [2.75, 3.05) is 11.9 Å². The van der Waals surface area contributed by atoms with Crippen molar-refractivity contribution in [1.29, 1.82) is 0 Å². The predicted octanol–water partition coefficient (Wildman–Crippen LogP) is 4.53. The summed E-state index contributed by atoms with van der Waals surface area (Å²) in [5.41, 5.74) is 3.13. The molecule has 3 aromatic rings. The lowest BCUT2D eigenvalue weighted by Gasteiger charge is -2.05. The molecular weight excluding hydrogens is 320 g/mol. The lowest BCUT2D eigenvalue weighted by molar-refractivity contribution is -0.116. The second-order valence-electron chi connectivity index (χ2n) is 5.36. The zero-order valence-electron chi connectivity index (χ0n) is 13.4. The third-order valence-electron chi connectivity index (χ3n) is 3.44. The molecule has 24 heavy (non-hydrogen) atoms. The Balaban J connectivity index is 1.51. The van der Waals surface area contributed by atoms with Gasteiger partial charge in [-0.05, 0) is 19.1 Å². The zero-order valence-corrected chi connectivity index (χ0v) is 14.2. The monoisotopic (exact) mass is 338 g/mol. The first-order chi connectivity index (χ1) is 11.7. The molecule has 3 rings (SSSR count). The molecule has 1 N–H and O–H groups in total. The number of aromatic nitrogens is 1. The van der Waals surface area contributed by atoms with E-state index in [9.17, 15) is 4.79 Å². The topological polar surface area (TPSA) is 51.2 Å². The molecule has 5 heteroatoms. The van der Waals surface area contributed by atoms with Crippen molar-refractivity contribution in [3.63, 3.8) is 0 Å². The number of benzene rings is 2. The van der Waals surface area contributed by atoms with E-state index in [2.05, 4.69) is 10.3 Å². The summed E-state index contributed by atoms with van der Waals surface area (Å²) < 4.78 is 5.52. The summed E-state index contributed by atoms with van der Waals surface area (Å²) >= 11 is 1.42. The van der Waals surface area contributed by atoms with Gasteiger partial charge in [0.1, 0.15) is 5.75 Å². The van der Waals surface area contributed by atoms with Crippen molar-refractivity contribution in [1.82, 2.24) is 4.98 Å². The second-order valence-corrected chi connectivity index (χ2v) is 6.22. The molecule has 0 aliphatic carbocycles. The molecule has 1 aromatic heterocycles. The summed E-state index contributed by atoms with van der Waals surface area (Å²) in [7, 11) is 0. The van der Waals surface area contributed by atoms with Crippen LogP contribution in [0, 0.1) is 6.92 Å². The Hall–Kier alpha value is -2.66. The highest BCUT2D eigenvalue weighted by Crippen LogP contribution is 2.25. The van der Waals surface area contributed by atoms with E-state index in [0.717, 1.165) is 17.0 Å². The molecule has 0 fully saturated rings. The molecule has 0 unspecified atom stereocenters. The predicted molar refractivity (Wildman–Crippen MR) is 97.5 cm³/mol. The summed E-state index contributed by atoms with van der Waals surface area (Å²) in [4.78, 5) is 16.4. The number of carbonyl (C=O) groups excluding carboxylic acids is 1. The van der Waals surface area contributed by atoms with Gasteiger partial charge in [-0.3, -0.25) is 4.79 Å². The van der Waals surface area contributed by atoms with E-state index in [1.807, 2.05) is 66.9 Å². The number of hydrogen-bond acceptors (Lipinski definition) is 4. The molecule has 4 nitrogen and oxygen atoms in total. The highest BCUT2D eigenvalue weighted by atomic mass is 32.1. The van der Waals surface area contributed by atoms with Gasteiger partial charge in [-0.2, -0.15) is 0 Å². The maximum absolute atomic E-state index is 12.0. The van der Waals surface area contributed by atoms with Crippen LogP contribution in [-0.2, 0) is 4.79 Å². The van der Waals surface area contributed by atoms with Crippen LogP contribution in [0.25, 0.3) is 11.3 Å². The Morgan fingerprint density at radius 1 is 1.12 bits per heavy atom. The molecule has 0 bridgehead atoms. The van der Waals surface area contributed by atoms with Crippen molar-refractivity contribution in [3.05, 3.63) is 65.5 Å². The number of ether oxygens (including phenoxy) is 1. The number of nitrogens with one attached hydrogen (secondary N) is 1. The van der Waals surface area contributed by atoms with E-state index in [-0.39, 0.29) is 12.3 Å². The summed E-state index contributed by atoms with van der Waals surface area (Å²) in [6, 6.07) is 17.6. The van der Waals surface area contributed by atoms with Crippen LogP contribution < -0.4 is 10.1 Å². The number of thiazole rings is 1. The lowest BCUT2D eigenvalue weighted by Crippen LogP contribution is -2.15. The molecule has 0 saturated heterocycles. The molecule has 1 amide bonds. The Bertz CT molecular complexity index is 798. The number of rotatable bonds is 6. The van der Waals surface area contributed by atoms with Crippen LogP contribution >= 0.6 is 11.3 Å². The van der Waals surface area contributed by atoms with Crippen LogP contribution in [0.15, 0.2) is 60.0 Å². The van der Waals surface area contributed by atoms with Crippen LogP contribution in [0.3, 0.4) is 0 Å². The smallest absolute Gasteiger partial charge is 0.229 e. The fraction of sp³-hybridized carbons (Fsp3) is 0.158. The van der Waals surface area contributed by atoms with Gasteiger partial charge in [0.05, 0.1) is 18.7 Å². The quantitative estimate of drug-likeness (QED) is 0.718. The van der Waals surface area contributed by atoms with E-state index in [0.29, 0.717) is 11.7 Å².